The van der Waals surface area contributed by atoms with Gasteiger partial charge in [-0.05, 0) is 12.8 Å². The molecule has 2 atom stereocenters. The van der Waals surface area contributed by atoms with Crippen LogP contribution in [-0.2, 0) is 4.79 Å². The van der Waals surface area contributed by atoms with E-state index in [1.807, 2.05) is 0 Å². The number of carboxylic acid groups (broad SMARTS) is 1. The topological polar surface area (TPSA) is 116 Å². The molecule has 0 aliphatic carbocycles. The molecule has 92 valence electrons. The number of hydrogen-bond donors (Lipinski definition) is 4. The highest BCUT2D eigenvalue weighted by Crippen LogP contribution is 2.07. The van der Waals surface area contributed by atoms with E-state index in [9.17, 15) is 9.59 Å². The van der Waals surface area contributed by atoms with Gasteiger partial charge in [0.15, 0.2) is 6.10 Å². The lowest BCUT2D eigenvalue weighted by Crippen LogP contribution is -2.51. The SMILES string of the molecule is NC1CCCN(C(=O)NCC(O)C(=O)O)C1. The Hall–Kier alpha value is -1.34. The first-order valence-corrected chi connectivity index (χ1v) is 5.20. The molecule has 0 aromatic rings. The zero-order valence-corrected chi connectivity index (χ0v) is 8.93. The van der Waals surface area contributed by atoms with Crippen LogP contribution in [0.15, 0.2) is 0 Å². The van der Waals surface area contributed by atoms with Crippen molar-refractivity contribution in [3.63, 3.8) is 0 Å². The number of aliphatic hydroxyl groups excluding tert-OH is 1. The third-order valence-corrected chi connectivity index (χ3v) is 2.48. The maximum Gasteiger partial charge on any atom is 0.334 e. The first-order chi connectivity index (χ1) is 7.50. The summed E-state index contributed by atoms with van der Waals surface area (Å²) >= 11 is 0. The standard InChI is InChI=1S/C9H17N3O4/c10-6-2-1-3-12(5-6)9(16)11-4-7(13)8(14)15/h6-7,13H,1-5,10H2,(H,11,16)(H,14,15). The van der Waals surface area contributed by atoms with Crippen LogP contribution >= 0.6 is 0 Å². The third kappa shape index (κ3) is 3.67. The number of aliphatic carboxylic acids is 1. The van der Waals surface area contributed by atoms with E-state index < -0.39 is 12.1 Å². The lowest BCUT2D eigenvalue weighted by atomic mass is 10.1. The second-order valence-corrected chi connectivity index (χ2v) is 3.89. The van der Waals surface area contributed by atoms with Crippen LogP contribution in [0.2, 0.25) is 0 Å². The fraction of sp³-hybridized carbons (Fsp3) is 0.778. The van der Waals surface area contributed by atoms with Crippen LogP contribution in [-0.4, -0.2) is 58.9 Å². The highest BCUT2D eigenvalue weighted by molar-refractivity contribution is 5.76. The summed E-state index contributed by atoms with van der Waals surface area (Å²) < 4.78 is 0. The minimum absolute atomic E-state index is 0.0242. The van der Waals surface area contributed by atoms with Crippen LogP contribution in [0.5, 0.6) is 0 Å². The molecule has 1 rings (SSSR count). The number of urea groups is 1. The average molecular weight is 231 g/mol. The quantitative estimate of drug-likeness (QED) is 0.475. The van der Waals surface area contributed by atoms with Crippen molar-refractivity contribution >= 4 is 12.0 Å². The fourth-order valence-corrected chi connectivity index (χ4v) is 1.58. The zero-order chi connectivity index (χ0) is 12.1. The van der Waals surface area contributed by atoms with Crippen LogP contribution in [0.4, 0.5) is 4.79 Å². The molecule has 1 aliphatic heterocycles. The lowest BCUT2D eigenvalue weighted by Gasteiger charge is -2.30. The molecule has 2 unspecified atom stereocenters. The summed E-state index contributed by atoms with van der Waals surface area (Å²) in [5, 5.41) is 19.7. The molecular formula is C9H17N3O4. The molecule has 1 heterocycles. The Labute approximate surface area is 93.2 Å². The molecule has 0 spiro atoms. The largest absolute Gasteiger partial charge is 0.479 e. The molecule has 0 radical (unpaired) electrons. The van der Waals surface area contributed by atoms with Gasteiger partial charge in [0.2, 0.25) is 0 Å². The number of piperidine rings is 1. The first kappa shape index (κ1) is 12.7. The highest BCUT2D eigenvalue weighted by Gasteiger charge is 2.22. The average Bonchev–Trinajstić information content (AvgIpc) is 2.25. The van der Waals surface area contributed by atoms with E-state index in [1.165, 1.54) is 4.90 Å². The normalized spacial score (nSPS) is 22.6. The third-order valence-electron chi connectivity index (χ3n) is 2.48. The minimum atomic E-state index is -1.57. The van der Waals surface area contributed by atoms with Crippen LogP contribution in [0, 0.1) is 0 Å². The number of carbonyl (C=O) groups excluding carboxylic acids is 1. The van der Waals surface area contributed by atoms with Crippen molar-refractivity contribution in [2.24, 2.45) is 5.73 Å². The molecule has 0 aromatic heterocycles. The monoisotopic (exact) mass is 231 g/mol. The van der Waals surface area contributed by atoms with Crippen molar-refractivity contribution < 1.29 is 19.8 Å². The number of hydrogen-bond acceptors (Lipinski definition) is 4. The van der Waals surface area contributed by atoms with Gasteiger partial charge in [-0.3, -0.25) is 0 Å². The second-order valence-electron chi connectivity index (χ2n) is 3.89. The Balaban J connectivity index is 2.31. The van der Waals surface area contributed by atoms with Crippen molar-refractivity contribution in [3.8, 4) is 0 Å². The molecule has 7 nitrogen and oxygen atoms in total. The van der Waals surface area contributed by atoms with Gasteiger partial charge in [0.25, 0.3) is 0 Å². The molecule has 5 N–H and O–H groups in total. The van der Waals surface area contributed by atoms with E-state index >= 15 is 0 Å². The molecule has 1 saturated heterocycles. The number of nitrogens with two attached hydrogens (primary N) is 1. The van der Waals surface area contributed by atoms with Crippen molar-refractivity contribution in [2.75, 3.05) is 19.6 Å². The number of amides is 2. The zero-order valence-electron chi connectivity index (χ0n) is 8.93. The van der Waals surface area contributed by atoms with E-state index in [1.54, 1.807) is 0 Å². The van der Waals surface area contributed by atoms with Gasteiger partial charge in [-0.1, -0.05) is 0 Å². The van der Waals surface area contributed by atoms with Gasteiger partial charge in [-0.15, -0.1) is 0 Å². The Bertz CT molecular complexity index is 271. The van der Waals surface area contributed by atoms with Crippen molar-refractivity contribution in [2.45, 2.75) is 25.0 Å². The molecule has 16 heavy (non-hydrogen) atoms. The van der Waals surface area contributed by atoms with Gasteiger partial charge < -0.3 is 26.2 Å². The Morgan fingerprint density at radius 3 is 2.81 bits per heavy atom. The van der Waals surface area contributed by atoms with E-state index in [-0.39, 0.29) is 18.6 Å². The van der Waals surface area contributed by atoms with Crippen molar-refractivity contribution in [1.82, 2.24) is 10.2 Å². The number of rotatable bonds is 3. The molecule has 2 amide bonds. The minimum Gasteiger partial charge on any atom is -0.479 e. The lowest BCUT2D eigenvalue weighted by molar-refractivity contribution is -0.146. The van der Waals surface area contributed by atoms with Crippen LogP contribution in [0.1, 0.15) is 12.8 Å². The molecule has 0 aromatic carbocycles. The summed E-state index contributed by atoms with van der Waals surface area (Å²) in [6.45, 7) is 0.789. The summed E-state index contributed by atoms with van der Waals surface area (Å²) in [4.78, 5) is 23.4. The summed E-state index contributed by atoms with van der Waals surface area (Å²) in [5.41, 5.74) is 5.70. The van der Waals surface area contributed by atoms with Crippen LogP contribution in [0.25, 0.3) is 0 Å². The van der Waals surface area contributed by atoms with E-state index in [0.717, 1.165) is 12.8 Å². The summed E-state index contributed by atoms with van der Waals surface area (Å²) in [6, 6.07) is -0.403. The van der Waals surface area contributed by atoms with E-state index in [0.29, 0.717) is 13.1 Å². The summed E-state index contributed by atoms with van der Waals surface area (Å²) in [5.74, 6) is -1.35. The van der Waals surface area contributed by atoms with Crippen molar-refractivity contribution in [1.29, 1.82) is 0 Å². The first-order valence-electron chi connectivity index (χ1n) is 5.20. The van der Waals surface area contributed by atoms with E-state index in [4.69, 9.17) is 15.9 Å². The number of carbonyl (C=O) groups is 2. The van der Waals surface area contributed by atoms with Crippen LogP contribution < -0.4 is 11.1 Å². The molecule has 0 bridgehead atoms. The Morgan fingerprint density at radius 1 is 1.56 bits per heavy atom. The smallest absolute Gasteiger partial charge is 0.334 e. The van der Waals surface area contributed by atoms with E-state index in [2.05, 4.69) is 5.32 Å². The van der Waals surface area contributed by atoms with Gasteiger partial charge >= 0.3 is 12.0 Å². The predicted octanol–water partition coefficient (Wildman–Crippen LogP) is -1.44. The Morgan fingerprint density at radius 2 is 2.25 bits per heavy atom. The number of carboxylic acids is 1. The summed E-state index contributed by atoms with van der Waals surface area (Å²) in [6.07, 6.45) is 0.167. The number of nitrogens with zero attached hydrogens (tertiary/aromatic N) is 1. The predicted molar refractivity (Wildman–Crippen MR) is 55.8 cm³/mol. The van der Waals surface area contributed by atoms with Gasteiger partial charge in [0, 0.05) is 19.1 Å². The van der Waals surface area contributed by atoms with Crippen molar-refractivity contribution in [3.05, 3.63) is 0 Å². The second kappa shape index (κ2) is 5.66. The van der Waals surface area contributed by atoms with Crippen LogP contribution in [0.3, 0.4) is 0 Å². The highest BCUT2D eigenvalue weighted by atomic mass is 16.4. The number of likely N-dealkylation sites (tertiary alicyclic amines) is 1. The molecule has 1 aliphatic rings. The fourth-order valence-electron chi connectivity index (χ4n) is 1.58. The maximum absolute atomic E-state index is 11.5. The number of nitrogens with one attached hydrogen (secondary N) is 1. The molecule has 7 heteroatoms. The van der Waals surface area contributed by atoms with Gasteiger partial charge in [-0.2, -0.15) is 0 Å². The molecular weight excluding hydrogens is 214 g/mol. The van der Waals surface area contributed by atoms with Gasteiger partial charge in [-0.25, -0.2) is 9.59 Å². The van der Waals surface area contributed by atoms with Gasteiger partial charge in [0.05, 0.1) is 6.54 Å². The Kier molecular flexibility index (Phi) is 4.51. The number of aliphatic hydroxyl groups is 1. The maximum atomic E-state index is 11.5. The molecule has 0 saturated carbocycles. The van der Waals surface area contributed by atoms with Gasteiger partial charge in [0.1, 0.15) is 0 Å². The molecule has 1 fully saturated rings. The summed E-state index contributed by atoms with van der Waals surface area (Å²) in [7, 11) is 0.